The number of hydrogen-bond donors (Lipinski definition) is 4. The van der Waals surface area contributed by atoms with Gasteiger partial charge in [0.05, 0.1) is 33.0 Å². The van der Waals surface area contributed by atoms with Crippen LogP contribution in [0.2, 0.25) is 0 Å². The molecule has 47 heavy (non-hydrogen) atoms. The lowest BCUT2D eigenvalue weighted by atomic mass is 9.84. The van der Waals surface area contributed by atoms with Gasteiger partial charge in [-0.05, 0) is 59.9 Å². The van der Waals surface area contributed by atoms with Gasteiger partial charge in [-0.3, -0.25) is 4.79 Å². The van der Waals surface area contributed by atoms with Crippen LogP contribution in [0.1, 0.15) is 40.8 Å². The van der Waals surface area contributed by atoms with E-state index in [9.17, 15) is 9.59 Å². The van der Waals surface area contributed by atoms with Crippen molar-refractivity contribution in [1.82, 2.24) is 15.6 Å². The number of aromatic amines is 1. The molecule has 1 fully saturated rings. The fourth-order valence-electron chi connectivity index (χ4n) is 6.23. The number of fused-ring (bicyclic) bond motifs is 1. The van der Waals surface area contributed by atoms with Crippen molar-refractivity contribution in [2.45, 2.75) is 36.9 Å². The first-order valence-corrected chi connectivity index (χ1v) is 15.9. The van der Waals surface area contributed by atoms with Gasteiger partial charge in [0.2, 0.25) is 5.91 Å². The van der Waals surface area contributed by atoms with Gasteiger partial charge in [-0.1, -0.05) is 78.9 Å². The number of benzene rings is 4. The average Bonchev–Trinajstić information content (AvgIpc) is 3.55. The van der Waals surface area contributed by atoms with Gasteiger partial charge >= 0.3 is 6.09 Å². The van der Waals surface area contributed by atoms with Gasteiger partial charge in [0, 0.05) is 34.7 Å². The summed E-state index contributed by atoms with van der Waals surface area (Å²) in [5.41, 5.74) is 5.63. The number of H-pyrrole nitrogens is 1. The minimum absolute atomic E-state index is 0.0220. The highest BCUT2D eigenvalue weighted by atomic mass is 16.5. The summed E-state index contributed by atoms with van der Waals surface area (Å²) in [6.07, 6.45) is 0.823. The van der Waals surface area contributed by atoms with Crippen LogP contribution in [0.3, 0.4) is 0 Å². The Kier molecular flexibility index (Phi) is 10.2. The fourth-order valence-corrected chi connectivity index (χ4v) is 6.23. The van der Waals surface area contributed by atoms with Gasteiger partial charge < -0.3 is 35.1 Å². The van der Waals surface area contributed by atoms with Gasteiger partial charge in [0.15, 0.2) is 0 Å². The third-order valence-corrected chi connectivity index (χ3v) is 8.72. The molecule has 2 heterocycles. The van der Waals surface area contributed by atoms with Crippen LogP contribution in [0.25, 0.3) is 10.9 Å². The molecule has 0 aliphatic carbocycles. The number of methoxy groups -OCH3 is 2. The maximum atomic E-state index is 14.1. The SMILES string of the molecule is COC(=O)NC(C(=O)Nc1ccccc1CC[C@@H]1CN[C@H](c2cc3cc(OC)ccc3[nH]2)CO1)C(c1ccccc1)c1ccccc1. The van der Waals surface area contributed by atoms with Crippen LogP contribution in [0.15, 0.2) is 109 Å². The number of aromatic nitrogens is 1. The molecule has 0 radical (unpaired) electrons. The molecule has 1 aromatic heterocycles. The number of alkyl carbamates (subject to hydrolysis) is 1. The van der Waals surface area contributed by atoms with Crippen molar-refractivity contribution in [3.8, 4) is 5.75 Å². The van der Waals surface area contributed by atoms with E-state index in [-0.39, 0.29) is 18.1 Å². The number of amides is 2. The lowest BCUT2D eigenvalue weighted by molar-refractivity contribution is -0.118. The largest absolute Gasteiger partial charge is 0.497 e. The summed E-state index contributed by atoms with van der Waals surface area (Å²) >= 11 is 0. The summed E-state index contributed by atoms with van der Waals surface area (Å²) in [7, 11) is 2.96. The van der Waals surface area contributed by atoms with E-state index in [2.05, 4.69) is 27.0 Å². The van der Waals surface area contributed by atoms with Crippen LogP contribution in [0.4, 0.5) is 10.5 Å². The smallest absolute Gasteiger partial charge is 0.407 e. The first-order valence-electron chi connectivity index (χ1n) is 15.9. The van der Waals surface area contributed by atoms with Crippen molar-refractivity contribution in [3.63, 3.8) is 0 Å². The van der Waals surface area contributed by atoms with Gasteiger partial charge in [0.1, 0.15) is 11.8 Å². The molecule has 2 amide bonds. The second kappa shape index (κ2) is 15.0. The number of ether oxygens (including phenoxy) is 3. The van der Waals surface area contributed by atoms with Crippen molar-refractivity contribution < 1.29 is 23.8 Å². The highest BCUT2D eigenvalue weighted by Gasteiger charge is 2.33. The molecule has 4 aromatic carbocycles. The van der Waals surface area contributed by atoms with Crippen LogP contribution in [-0.2, 0) is 20.7 Å². The Morgan fingerprint density at radius 3 is 2.26 bits per heavy atom. The molecule has 1 unspecified atom stereocenters. The van der Waals surface area contributed by atoms with Crippen molar-refractivity contribution >= 4 is 28.6 Å². The molecule has 4 N–H and O–H groups in total. The molecule has 6 rings (SSSR count). The quantitative estimate of drug-likeness (QED) is 0.135. The fraction of sp³-hybridized carbons (Fsp3) is 0.263. The van der Waals surface area contributed by atoms with E-state index >= 15 is 0 Å². The minimum atomic E-state index is -0.936. The molecule has 1 saturated heterocycles. The molecule has 9 heteroatoms. The number of para-hydroxylation sites is 1. The van der Waals surface area contributed by atoms with Gasteiger partial charge in [0.25, 0.3) is 0 Å². The number of carbonyl (C=O) groups is 2. The zero-order valence-electron chi connectivity index (χ0n) is 26.6. The molecule has 5 aromatic rings. The van der Waals surface area contributed by atoms with E-state index in [1.807, 2.05) is 103 Å². The number of nitrogens with one attached hydrogen (secondary N) is 4. The summed E-state index contributed by atoms with van der Waals surface area (Å²) in [5, 5.41) is 10.7. The normalized spacial score (nSPS) is 16.8. The van der Waals surface area contributed by atoms with E-state index in [1.165, 1.54) is 7.11 Å². The zero-order valence-corrected chi connectivity index (χ0v) is 26.6. The third-order valence-electron chi connectivity index (χ3n) is 8.72. The van der Waals surface area contributed by atoms with Gasteiger partial charge in [-0.15, -0.1) is 0 Å². The van der Waals surface area contributed by atoms with Crippen LogP contribution < -0.4 is 20.7 Å². The van der Waals surface area contributed by atoms with E-state index in [0.29, 0.717) is 25.3 Å². The van der Waals surface area contributed by atoms with Crippen molar-refractivity contribution in [1.29, 1.82) is 0 Å². The Morgan fingerprint density at radius 2 is 1.60 bits per heavy atom. The Labute approximate surface area is 274 Å². The Balaban J connectivity index is 1.13. The number of aryl methyl sites for hydroxylation is 1. The Bertz CT molecular complexity index is 1740. The summed E-state index contributed by atoms with van der Waals surface area (Å²) in [6.45, 7) is 1.26. The third kappa shape index (κ3) is 7.65. The van der Waals surface area contributed by atoms with Crippen molar-refractivity contribution in [2.24, 2.45) is 0 Å². The van der Waals surface area contributed by atoms with Gasteiger partial charge in [-0.2, -0.15) is 0 Å². The molecule has 9 nitrogen and oxygen atoms in total. The van der Waals surface area contributed by atoms with E-state index in [4.69, 9.17) is 14.2 Å². The minimum Gasteiger partial charge on any atom is -0.497 e. The van der Waals surface area contributed by atoms with Crippen LogP contribution in [0, 0.1) is 0 Å². The van der Waals surface area contributed by atoms with E-state index in [1.54, 1.807) is 7.11 Å². The predicted octanol–water partition coefficient (Wildman–Crippen LogP) is 6.33. The summed E-state index contributed by atoms with van der Waals surface area (Å²) in [6, 6.07) is 34.4. The predicted molar refractivity (Wildman–Crippen MR) is 183 cm³/mol. The number of morpholine rings is 1. The second-order valence-corrected chi connectivity index (χ2v) is 11.7. The Morgan fingerprint density at radius 1 is 0.894 bits per heavy atom. The summed E-state index contributed by atoms with van der Waals surface area (Å²) in [4.78, 5) is 30.1. The number of carbonyl (C=O) groups excluding carboxylic acids is 2. The van der Waals surface area contributed by atoms with Crippen molar-refractivity contribution in [2.75, 3.05) is 32.7 Å². The molecule has 0 saturated carbocycles. The maximum absolute atomic E-state index is 14.1. The Hall–Kier alpha value is -5.12. The summed E-state index contributed by atoms with van der Waals surface area (Å²) < 4.78 is 16.6. The van der Waals surface area contributed by atoms with Crippen LogP contribution in [0.5, 0.6) is 5.75 Å². The molecule has 0 spiro atoms. The number of anilines is 1. The molecule has 3 atom stereocenters. The molecule has 0 bridgehead atoms. The molecular formula is C38H40N4O5. The molecule has 1 aliphatic heterocycles. The van der Waals surface area contributed by atoms with E-state index < -0.39 is 18.1 Å². The topological polar surface area (TPSA) is 114 Å². The van der Waals surface area contributed by atoms with Crippen LogP contribution in [-0.4, -0.2) is 56.5 Å². The summed E-state index contributed by atoms with van der Waals surface area (Å²) in [5.74, 6) is 0.0439. The molecular weight excluding hydrogens is 592 g/mol. The lowest BCUT2D eigenvalue weighted by Gasteiger charge is -2.30. The maximum Gasteiger partial charge on any atom is 0.407 e. The van der Waals surface area contributed by atoms with Gasteiger partial charge in [-0.25, -0.2) is 4.79 Å². The second-order valence-electron chi connectivity index (χ2n) is 11.7. The highest BCUT2D eigenvalue weighted by molar-refractivity contribution is 5.98. The zero-order chi connectivity index (χ0) is 32.6. The highest BCUT2D eigenvalue weighted by Crippen LogP contribution is 2.30. The average molecular weight is 633 g/mol. The molecule has 242 valence electrons. The number of rotatable bonds is 11. The lowest BCUT2D eigenvalue weighted by Crippen LogP contribution is -2.48. The molecule has 1 aliphatic rings. The first kappa shape index (κ1) is 31.8. The van der Waals surface area contributed by atoms with Crippen LogP contribution >= 0.6 is 0 Å². The van der Waals surface area contributed by atoms with E-state index in [0.717, 1.165) is 45.5 Å². The standard InChI is InChI=1S/C38H40N4O5/c1-45-29-19-20-32-28(21-29)22-33(40-32)34-24-47-30(23-39-34)18-17-25-11-9-10-16-31(25)41-37(43)36(42-38(44)46-2)35(26-12-5-3-6-13-26)27-14-7-4-8-15-27/h3-16,19-22,30,34-36,39-40H,17-18,23-24H2,1-2H3,(H,41,43)(H,42,44)/t30-,34+,36?/m1/s1. The van der Waals surface area contributed by atoms with Crippen molar-refractivity contribution in [3.05, 3.63) is 132 Å². The number of hydrogen-bond acceptors (Lipinski definition) is 6. The first-order chi connectivity index (χ1) is 23.0. The monoisotopic (exact) mass is 632 g/mol.